The van der Waals surface area contributed by atoms with Gasteiger partial charge in [-0.05, 0) is 58.3 Å². The van der Waals surface area contributed by atoms with Gasteiger partial charge in [0.25, 0.3) is 0 Å². The van der Waals surface area contributed by atoms with E-state index in [0.717, 1.165) is 31.3 Å². The van der Waals surface area contributed by atoms with Gasteiger partial charge in [0.05, 0.1) is 6.10 Å². The molecule has 1 heterocycles. The van der Waals surface area contributed by atoms with Crippen LogP contribution in [0.25, 0.3) is 0 Å². The molecule has 0 amide bonds. The van der Waals surface area contributed by atoms with Crippen molar-refractivity contribution in [3.63, 3.8) is 0 Å². The van der Waals surface area contributed by atoms with Gasteiger partial charge in [0.1, 0.15) is 0 Å². The summed E-state index contributed by atoms with van der Waals surface area (Å²) in [4.78, 5) is 2.39. The van der Waals surface area contributed by atoms with E-state index >= 15 is 0 Å². The van der Waals surface area contributed by atoms with Crippen molar-refractivity contribution in [2.75, 3.05) is 26.7 Å². The van der Waals surface area contributed by atoms with Gasteiger partial charge in [-0.25, -0.2) is 0 Å². The van der Waals surface area contributed by atoms with Crippen molar-refractivity contribution >= 4 is 0 Å². The molecule has 1 saturated carbocycles. The van der Waals surface area contributed by atoms with E-state index in [4.69, 9.17) is 5.11 Å². The Labute approximate surface area is 86.5 Å². The summed E-state index contributed by atoms with van der Waals surface area (Å²) in [6, 6.07) is 0.726. The quantitative estimate of drug-likeness (QED) is 0.691. The third-order valence-corrected chi connectivity index (χ3v) is 3.62. The first kappa shape index (κ1) is 10.4. The van der Waals surface area contributed by atoms with E-state index in [1.54, 1.807) is 0 Å². The maximum Gasteiger partial charge on any atom is 0.0546 e. The molecule has 2 aliphatic rings. The third-order valence-electron chi connectivity index (χ3n) is 3.62. The number of piperidine rings is 1. The highest BCUT2D eigenvalue weighted by molar-refractivity contribution is 4.83. The fourth-order valence-electron chi connectivity index (χ4n) is 2.41. The summed E-state index contributed by atoms with van der Waals surface area (Å²) >= 11 is 0. The lowest BCUT2D eigenvalue weighted by Crippen LogP contribution is -2.45. The van der Waals surface area contributed by atoms with Gasteiger partial charge < -0.3 is 15.3 Å². The van der Waals surface area contributed by atoms with Gasteiger partial charge in [0, 0.05) is 6.04 Å². The molecule has 2 rings (SSSR count). The molecule has 1 aliphatic heterocycles. The second-order valence-electron chi connectivity index (χ2n) is 4.98. The number of hydrogen-bond acceptors (Lipinski definition) is 3. The summed E-state index contributed by atoms with van der Waals surface area (Å²) in [5.74, 6) is 0.740. The smallest absolute Gasteiger partial charge is 0.0546 e. The molecule has 0 aromatic carbocycles. The molecule has 0 aromatic heterocycles. The Bertz CT molecular complexity index is 172. The molecule has 0 bridgehead atoms. The average Bonchev–Trinajstić information content (AvgIpc) is 2.13. The largest absolute Gasteiger partial charge is 0.393 e. The Kier molecular flexibility index (Phi) is 3.42. The second-order valence-corrected chi connectivity index (χ2v) is 4.98. The number of nitrogens with zero attached hydrogens (tertiary/aromatic N) is 1. The van der Waals surface area contributed by atoms with Gasteiger partial charge in [0.2, 0.25) is 0 Å². The molecule has 0 radical (unpaired) electrons. The molecule has 0 spiro atoms. The zero-order valence-electron chi connectivity index (χ0n) is 9.08. The molecule has 0 aromatic rings. The van der Waals surface area contributed by atoms with Gasteiger partial charge in [-0.15, -0.1) is 0 Å². The van der Waals surface area contributed by atoms with Gasteiger partial charge in [-0.3, -0.25) is 0 Å². The predicted molar refractivity (Wildman–Crippen MR) is 57.3 cm³/mol. The van der Waals surface area contributed by atoms with E-state index in [0.29, 0.717) is 0 Å². The van der Waals surface area contributed by atoms with Crippen LogP contribution in [0, 0.1) is 5.92 Å². The molecule has 82 valence electrons. The van der Waals surface area contributed by atoms with E-state index in [9.17, 15) is 0 Å². The van der Waals surface area contributed by atoms with Crippen LogP contribution in [-0.2, 0) is 0 Å². The van der Waals surface area contributed by atoms with E-state index in [1.165, 1.54) is 25.9 Å². The molecular weight excluding hydrogens is 176 g/mol. The highest BCUT2D eigenvalue weighted by Gasteiger charge is 2.27. The first-order valence-electron chi connectivity index (χ1n) is 5.84. The molecule has 3 nitrogen and oxygen atoms in total. The molecule has 14 heavy (non-hydrogen) atoms. The molecule has 0 atom stereocenters. The number of aliphatic hydroxyl groups excluding tert-OH is 1. The molecule has 3 heteroatoms. The van der Waals surface area contributed by atoms with Gasteiger partial charge in [-0.2, -0.15) is 0 Å². The van der Waals surface area contributed by atoms with Crippen LogP contribution in [0.15, 0.2) is 0 Å². The van der Waals surface area contributed by atoms with Crippen molar-refractivity contribution in [3.05, 3.63) is 0 Å². The van der Waals surface area contributed by atoms with Crippen LogP contribution in [0.2, 0.25) is 0 Å². The highest BCUT2D eigenvalue weighted by atomic mass is 16.3. The number of rotatable bonds is 3. The summed E-state index contributed by atoms with van der Waals surface area (Å²) < 4.78 is 0. The Morgan fingerprint density at radius 1 is 1.29 bits per heavy atom. The number of likely N-dealkylation sites (tertiary alicyclic amines) is 1. The summed E-state index contributed by atoms with van der Waals surface area (Å²) in [5.41, 5.74) is 0. The minimum atomic E-state index is -0.000658. The Morgan fingerprint density at radius 3 is 2.50 bits per heavy atom. The van der Waals surface area contributed by atoms with Crippen LogP contribution < -0.4 is 5.32 Å². The number of nitrogens with one attached hydrogen (secondary N) is 1. The summed E-state index contributed by atoms with van der Waals surface area (Å²) in [6.07, 6.45) is 4.59. The van der Waals surface area contributed by atoms with Crippen molar-refractivity contribution in [1.29, 1.82) is 0 Å². The van der Waals surface area contributed by atoms with Crippen LogP contribution in [-0.4, -0.2) is 48.8 Å². The third kappa shape index (κ3) is 2.69. The topological polar surface area (TPSA) is 35.5 Å². The lowest BCUT2D eigenvalue weighted by Gasteiger charge is -2.35. The lowest BCUT2D eigenvalue weighted by atomic mass is 9.82. The number of hydrogen-bond donors (Lipinski definition) is 2. The summed E-state index contributed by atoms with van der Waals surface area (Å²) in [5, 5.41) is 12.8. The van der Waals surface area contributed by atoms with E-state index in [-0.39, 0.29) is 6.10 Å². The Morgan fingerprint density at radius 2 is 1.93 bits per heavy atom. The second kappa shape index (κ2) is 4.60. The first-order chi connectivity index (χ1) is 6.74. The fraction of sp³-hybridized carbons (Fsp3) is 1.00. The maximum atomic E-state index is 9.16. The summed E-state index contributed by atoms with van der Waals surface area (Å²) in [6.45, 7) is 3.57. The minimum Gasteiger partial charge on any atom is -0.393 e. The zero-order valence-corrected chi connectivity index (χ0v) is 9.08. The van der Waals surface area contributed by atoms with Crippen molar-refractivity contribution in [1.82, 2.24) is 10.2 Å². The van der Waals surface area contributed by atoms with Gasteiger partial charge in [0.15, 0.2) is 0 Å². The first-order valence-corrected chi connectivity index (χ1v) is 5.84. The highest BCUT2D eigenvalue weighted by Crippen LogP contribution is 2.26. The van der Waals surface area contributed by atoms with Crippen molar-refractivity contribution in [2.24, 2.45) is 5.92 Å². The molecular formula is C11H22N2O. The van der Waals surface area contributed by atoms with Crippen LogP contribution in [0.3, 0.4) is 0 Å². The SMILES string of the molecule is CN1CCC(NCC2CC(O)C2)CC1. The monoisotopic (exact) mass is 198 g/mol. The zero-order chi connectivity index (χ0) is 9.97. The van der Waals surface area contributed by atoms with Gasteiger partial charge >= 0.3 is 0 Å². The Hall–Kier alpha value is -0.120. The molecule has 0 unspecified atom stereocenters. The molecule has 1 saturated heterocycles. The Balaban J connectivity index is 1.57. The molecule has 2 N–H and O–H groups in total. The summed E-state index contributed by atoms with van der Waals surface area (Å²) in [7, 11) is 2.19. The minimum absolute atomic E-state index is 0.000658. The lowest BCUT2D eigenvalue weighted by molar-refractivity contribution is 0.0407. The van der Waals surface area contributed by atoms with Crippen LogP contribution in [0.4, 0.5) is 0 Å². The fourth-order valence-corrected chi connectivity index (χ4v) is 2.41. The average molecular weight is 198 g/mol. The van der Waals surface area contributed by atoms with Crippen LogP contribution in [0.5, 0.6) is 0 Å². The standard InChI is InChI=1S/C11H22N2O/c1-13-4-2-10(3-5-13)12-8-9-6-11(14)7-9/h9-12,14H,2-8H2,1H3. The molecule has 2 fully saturated rings. The van der Waals surface area contributed by atoms with Crippen LogP contribution in [0.1, 0.15) is 25.7 Å². The van der Waals surface area contributed by atoms with E-state index in [1.807, 2.05) is 0 Å². The van der Waals surface area contributed by atoms with Crippen molar-refractivity contribution in [3.8, 4) is 0 Å². The van der Waals surface area contributed by atoms with E-state index < -0.39 is 0 Å². The van der Waals surface area contributed by atoms with Crippen LogP contribution >= 0.6 is 0 Å². The normalized spacial score (nSPS) is 35.6. The predicted octanol–water partition coefficient (Wildman–Crippen LogP) is 0.441. The van der Waals surface area contributed by atoms with Crippen molar-refractivity contribution < 1.29 is 5.11 Å². The maximum absolute atomic E-state index is 9.16. The molecule has 1 aliphatic carbocycles. The van der Waals surface area contributed by atoms with E-state index in [2.05, 4.69) is 17.3 Å². The van der Waals surface area contributed by atoms with Crippen molar-refractivity contribution in [2.45, 2.75) is 37.8 Å². The number of aliphatic hydroxyl groups is 1. The van der Waals surface area contributed by atoms with Gasteiger partial charge in [-0.1, -0.05) is 0 Å².